The zero-order valence-electron chi connectivity index (χ0n) is 18.1. The third-order valence-electron chi connectivity index (χ3n) is 5.89. The largest absolute Gasteiger partial charge is 0.338 e. The monoisotopic (exact) mass is 451 g/mol. The lowest BCUT2D eigenvalue weighted by Gasteiger charge is -2.33. The number of benzene rings is 2. The van der Waals surface area contributed by atoms with Crippen LogP contribution in [0.15, 0.2) is 54.7 Å². The Bertz CT molecular complexity index is 1130. The lowest BCUT2D eigenvalue weighted by molar-refractivity contribution is 0.0691. The van der Waals surface area contributed by atoms with Crippen molar-refractivity contribution in [1.82, 2.24) is 14.7 Å². The van der Waals surface area contributed by atoms with E-state index in [0.717, 1.165) is 24.0 Å². The third-order valence-corrected chi connectivity index (χ3v) is 6.21. The van der Waals surface area contributed by atoms with Crippen molar-refractivity contribution in [3.05, 3.63) is 76.4 Å². The number of anilines is 2. The van der Waals surface area contributed by atoms with Crippen molar-refractivity contribution in [1.29, 1.82) is 0 Å². The van der Waals surface area contributed by atoms with E-state index in [1.807, 2.05) is 41.6 Å². The Hall–Kier alpha value is -3.32. The molecule has 1 saturated heterocycles. The number of carbonyl (C=O) groups is 2. The van der Waals surface area contributed by atoms with Crippen molar-refractivity contribution >= 4 is 35.0 Å². The SMILES string of the molecule is Cc1ccc(C(=O)N2CCC(n3nccc3NC(=O)Nc3ccccc3Cl)CC2)cc1C. The molecule has 0 saturated carbocycles. The van der Waals surface area contributed by atoms with Gasteiger partial charge < -0.3 is 10.2 Å². The highest BCUT2D eigenvalue weighted by Gasteiger charge is 2.26. The summed E-state index contributed by atoms with van der Waals surface area (Å²) in [6.07, 6.45) is 3.19. The molecule has 8 heteroatoms. The predicted octanol–water partition coefficient (Wildman–Crippen LogP) is 5.27. The van der Waals surface area contributed by atoms with Gasteiger partial charge in [0.2, 0.25) is 0 Å². The molecule has 0 bridgehead atoms. The minimum atomic E-state index is -0.387. The molecule has 0 aliphatic carbocycles. The summed E-state index contributed by atoms with van der Waals surface area (Å²) >= 11 is 6.11. The second-order valence-electron chi connectivity index (χ2n) is 8.04. The van der Waals surface area contributed by atoms with E-state index in [4.69, 9.17) is 11.6 Å². The quantitative estimate of drug-likeness (QED) is 0.566. The van der Waals surface area contributed by atoms with E-state index in [-0.39, 0.29) is 18.0 Å². The molecule has 2 aromatic carbocycles. The maximum Gasteiger partial charge on any atom is 0.324 e. The van der Waals surface area contributed by atoms with E-state index in [1.54, 1.807) is 36.5 Å². The number of hydrogen-bond donors (Lipinski definition) is 2. The highest BCUT2D eigenvalue weighted by atomic mass is 35.5. The van der Waals surface area contributed by atoms with Gasteiger partial charge in [-0.1, -0.05) is 29.8 Å². The van der Waals surface area contributed by atoms with Gasteiger partial charge in [0.05, 0.1) is 22.9 Å². The van der Waals surface area contributed by atoms with E-state index < -0.39 is 0 Å². The number of hydrogen-bond acceptors (Lipinski definition) is 3. The summed E-state index contributed by atoms with van der Waals surface area (Å²) < 4.78 is 1.82. The molecule has 1 fully saturated rings. The van der Waals surface area contributed by atoms with Crippen molar-refractivity contribution in [3.63, 3.8) is 0 Å². The van der Waals surface area contributed by atoms with E-state index in [0.29, 0.717) is 29.6 Å². The molecule has 1 aromatic heterocycles. The van der Waals surface area contributed by atoms with Gasteiger partial charge >= 0.3 is 6.03 Å². The summed E-state index contributed by atoms with van der Waals surface area (Å²) in [5.74, 6) is 0.665. The lowest BCUT2D eigenvalue weighted by atomic mass is 10.0. The van der Waals surface area contributed by atoms with Gasteiger partial charge in [-0.05, 0) is 62.1 Å². The molecule has 7 nitrogen and oxygen atoms in total. The lowest BCUT2D eigenvalue weighted by Crippen LogP contribution is -2.39. The molecule has 2 heterocycles. The van der Waals surface area contributed by atoms with Crippen LogP contribution in [0.1, 0.15) is 40.4 Å². The first-order valence-corrected chi connectivity index (χ1v) is 11.0. The van der Waals surface area contributed by atoms with E-state index in [2.05, 4.69) is 15.7 Å². The van der Waals surface area contributed by atoms with Gasteiger partial charge in [-0.15, -0.1) is 0 Å². The van der Waals surface area contributed by atoms with Crippen LogP contribution in [0.3, 0.4) is 0 Å². The van der Waals surface area contributed by atoms with Gasteiger partial charge in [0.25, 0.3) is 5.91 Å². The maximum atomic E-state index is 12.9. The van der Waals surface area contributed by atoms with Gasteiger partial charge in [0.1, 0.15) is 5.82 Å². The Morgan fingerprint density at radius 2 is 1.75 bits per heavy atom. The Morgan fingerprint density at radius 1 is 1.00 bits per heavy atom. The number of aromatic nitrogens is 2. The molecule has 166 valence electrons. The molecular formula is C24H26ClN5O2. The zero-order chi connectivity index (χ0) is 22.7. The number of carbonyl (C=O) groups excluding carboxylic acids is 2. The second-order valence-corrected chi connectivity index (χ2v) is 8.45. The number of urea groups is 1. The Balaban J connectivity index is 1.37. The van der Waals surface area contributed by atoms with Gasteiger partial charge in [-0.2, -0.15) is 5.10 Å². The number of amides is 3. The Morgan fingerprint density at radius 3 is 2.47 bits per heavy atom. The Kier molecular flexibility index (Phi) is 6.46. The van der Waals surface area contributed by atoms with Crippen LogP contribution in [-0.2, 0) is 0 Å². The maximum absolute atomic E-state index is 12.9. The molecule has 2 N–H and O–H groups in total. The van der Waals surface area contributed by atoms with Gasteiger partial charge in [-0.3, -0.25) is 10.1 Å². The van der Waals surface area contributed by atoms with E-state index >= 15 is 0 Å². The van der Waals surface area contributed by atoms with Crippen LogP contribution in [0, 0.1) is 13.8 Å². The van der Waals surface area contributed by atoms with Crippen LogP contribution < -0.4 is 10.6 Å². The number of halogens is 1. The highest BCUT2D eigenvalue weighted by molar-refractivity contribution is 6.33. The fourth-order valence-electron chi connectivity index (χ4n) is 3.91. The number of rotatable bonds is 4. The number of para-hydroxylation sites is 1. The number of nitrogens with one attached hydrogen (secondary N) is 2. The number of piperidine rings is 1. The van der Waals surface area contributed by atoms with Crippen molar-refractivity contribution in [3.8, 4) is 0 Å². The molecule has 0 atom stereocenters. The van der Waals surface area contributed by atoms with E-state index in [1.165, 1.54) is 5.56 Å². The van der Waals surface area contributed by atoms with Crippen LogP contribution in [0.25, 0.3) is 0 Å². The van der Waals surface area contributed by atoms with Crippen molar-refractivity contribution in [2.24, 2.45) is 0 Å². The zero-order valence-corrected chi connectivity index (χ0v) is 18.9. The molecule has 0 spiro atoms. The average molecular weight is 452 g/mol. The summed E-state index contributed by atoms with van der Waals surface area (Å²) in [6, 6.07) is 14.4. The molecule has 1 aliphatic rings. The number of likely N-dealkylation sites (tertiary alicyclic amines) is 1. The van der Waals surface area contributed by atoms with E-state index in [9.17, 15) is 9.59 Å². The summed E-state index contributed by atoms with van der Waals surface area (Å²) in [5.41, 5.74) is 3.56. The van der Waals surface area contributed by atoms with Crippen LogP contribution in [0.4, 0.5) is 16.3 Å². The molecular weight excluding hydrogens is 426 g/mol. The first-order chi connectivity index (χ1) is 15.4. The fraction of sp³-hybridized carbons (Fsp3) is 0.292. The minimum absolute atomic E-state index is 0.0597. The van der Waals surface area contributed by atoms with Crippen molar-refractivity contribution in [2.45, 2.75) is 32.7 Å². The topological polar surface area (TPSA) is 79.3 Å². The summed E-state index contributed by atoms with van der Waals surface area (Å²) in [5, 5.41) is 10.5. The van der Waals surface area contributed by atoms with Crippen LogP contribution in [0.5, 0.6) is 0 Å². The summed E-state index contributed by atoms with van der Waals surface area (Å²) in [7, 11) is 0. The van der Waals surface area contributed by atoms with Crippen molar-refractivity contribution in [2.75, 3.05) is 23.7 Å². The normalized spacial score (nSPS) is 14.3. The molecule has 32 heavy (non-hydrogen) atoms. The molecule has 0 unspecified atom stereocenters. The number of nitrogens with zero attached hydrogens (tertiary/aromatic N) is 3. The second kappa shape index (κ2) is 9.44. The van der Waals surface area contributed by atoms with Gasteiger partial charge in [0.15, 0.2) is 0 Å². The van der Waals surface area contributed by atoms with Crippen LogP contribution >= 0.6 is 11.6 Å². The fourth-order valence-corrected chi connectivity index (χ4v) is 4.09. The predicted molar refractivity (Wildman–Crippen MR) is 126 cm³/mol. The first-order valence-electron chi connectivity index (χ1n) is 10.6. The van der Waals surface area contributed by atoms with Crippen LogP contribution in [0.2, 0.25) is 5.02 Å². The van der Waals surface area contributed by atoms with Gasteiger partial charge in [-0.25, -0.2) is 9.48 Å². The smallest absolute Gasteiger partial charge is 0.324 e. The molecule has 0 radical (unpaired) electrons. The summed E-state index contributed by atoms with van der Waals surface area (Å²) in [6.45, 7) is 5.34. The van der Waals surface area contributed by atoms with Crippen molar-refractivity contribution < 1.29 is 9.59 Å². The number of aryl methyl sites for hydroxylation is 2. The Labute approximate surface area is 192 Å². The standard InChI is InChI=1S/C24H26ClN5O2/c1-16-7-8-18(15-17(16)2)23(31)29-13-10-19(11-14-29)30-22(9-12-26-30)28-24(32)27-21-6-4-3-5-20(21)25/h3-9,12,15,19H,10-11,13-14H2,1-2H3,(H2,27,28,32). The minimum Gasteiger partial charge on any atom is -0.338 e. The first kappa shape index (κ1) is 21.9. The highest BCUT2D eigenvalue weighted by Crippen LogP contribution is 2.27. The van der Waals surface area contributed by atoms with Crippen LogP contribution in [-0.4, -0.2) is 39.7 Å². The third kappa shape index (κ3) is 4.78. The molecule has 3 aromatic rings. The molecule has 1 aliphatic heterocycles. The molecule has 4 rings (SSSR count). The molecule has 3 amide bonds. The average Bonchev–Trinajstić information content (AvgIpc) is 3.25. The summed E-state index contributed by atoms with van der Waals surface area (Å²) in [4.78, 5) is 27.2. The van der Waals surface area contributed by atoms with Gasteiger partial charge in [0, 0.05) is 24.7 Å².